The third-order valence-corrected chi connectivity index (χ3v) is 5.66. The number of ether oxygens (including phenoxy) is 1. The highest BCUT2D eigenvalue weighted by Gasteiger charge is 2.26. The standard InChI is InChI=1S/C20H34N6O/c1-21-20(22-13-17-15-24(2)11-12-25(17)3)23-16-9-10-26(14-16)18-7-5-6-8-19(18)27-4/h5-8,16-17H,9-15H2,1-4H3,(H2,21,22,23). The molecule has 2 N–H and O–H groups in total. The van der Waals surface area contributed by atoms with Crippen molar-refractivity contribution in [1.82, 2.24) is 20.4 Å². The summed E-state index contributed by atoms with van der Waals surface area (Å²) in [5.74, 6) is 1.83. The first-order valence-corrected chi connectivity index (χ1v) is 9.84. The summed E-state index contributed by atoms with van der Waals surface area (Å²) in [4.78, 5) is 11.6. The SMILES string of the molecule is CN=C(NCC1CN(C)CCN1C)NC1CCN(c2ccccc2OC)C1. The van der Waals surface area contributed by atoms with E-state index in [9.17, 15) is 0 Å². The van der Waals surface area contributed by atoms with Crippen LogP contribution in [0.2, 0.25) is 0 Å². The van der Waals surface area contributed by atoms with Crippen molar-refractivity contribution in [2.75, 3.05) is 72.4 Å². The minimum Gasteiger partial charge on any atom is -0.495 e. The second-order valence-corrected chi connectivity index (χ2v) is 7.60. The Bertz CT molecular complexity index is 637. The molecule has 1 aromatic carbocycles. The Morgan fingerprint density at radius 1 is 1.19 bits per heavy atom. The van der Waals surface area contributed by atoms with Crippen LogP contribution in [0.4, 0.5) is 5.69 Å². The van der Waals surface area contributed by atoms with Gasteiger partial charge in [-0.15, -0.1) is 0 Å². The summed E-state index contributed by atoms with van der Waals surface area (Å²) in [7, 11) is 7.98. The average Bonchev–Trinajstić information content (AvgIpc) is 3.15. The van der Waals surface area contributed by atoms with Crippen LogP contribution in [0, 0.1) is 0 Å². The molecule has 0 aliphatic carbocycles. The van der Waals surface area contributed by atoms with E-state index in [0.29, 0.717) is 12.1 Å². The number of guanidine groups is 1. The predicted octanol–water partition coefficient (Wildman–Crippen LogP) is 0.685. The van der Waals surface area contributed by atoms with Gasteiger partial charge in [-0.05, 0) is 32.6 Å². The van der Waals surface area contributed by atoms with Gasteiger partial charge in [-0.3, -0.25) is 9.89 Å². The summed E-state index contributed by atoms with van der Waals surface area (Å²) in [6.45, 7) is 6.22. The Labute approximate surface area is 163 Å². The van der Waals surface area contributed by atoms with E-state index in [2.05, 4.69) is 56.6 Å². The summed E-state index contributed by atoms with van der Waals surface area (Å²) in [5.41, 5.74) is 1.17. The van der Waals surface area contributed by atoms with Crippen LogP contribution in [0.15, 0.2) is 29.3 Å². The van der Waals surface area contributed by atoms with Gasteiger partial charge in [0.2, 0.25) is 0 Å². The average molecular weight is 375 g/mol. The molecule has 7 heteroatoms. The van der Waals surface area contributed by atoms with Crippen molar-refractivity contribution in [2.45, 2.75) is 18.5 Å². The van der Waals surface area contributed by atoms with Gasteiger partial charge in [-0.25, -0.2) is 0 Å². The van der Waals surface area contributed by atoms with Crippen LogP contribution >= 0.6 is 0 Å². The van der Waals surface area contributed by atoms with Crippen LogP contribution in [-0.4, -0.2) is 95.4 Å². The number of para-hydroxylation sites is 2. The van der Waals surface area contributed by atoms with Gasteiger partial charge in [0.05, 0.1) is 12.8 Å². The minimum atomic E-state index is 0.382. The molecule has 1 aromatic rings. The van der Waals surface area contributed by atoms with E-state index in [1.165, 1.54) is 5.69 Å². The molecular weight excluding hydrogens is 340 g/mol. The fourth-order valence-electron chi connectivity index (χ4n) is 3.91. The molecule has 3 rings (SSSR count). The zero-order valence-electron chi connectivity index (χ0n) is 17.1. The van der Waals surface area contributed by atoms with Gasteiger partial charge in [0.15, 0.2) is 5.96 Å². The van der Waals surface area contributed by atoms with E-state index in [4.69, 9.17) is 4.74 Å². The largest absolute Gasteiger partial charge is 0.495 e. The molecule has 2 heterocycles. The highest BCUT2D eigenvalue weighted by atomic mass is 16.5. The van der Waals surface area contributed by atoms with Crippen LogP contribution in [0.3, 0.4) is 0 Å². The third-order valence-electron chi connectivity index (χ3n) is 5.66. The molecule has 27 heavy (non-hydrogen) atoms. The van der Waals surface area contributed by atoms with Crippen molar-refractivity contribution in [1.29, 1.82) is 0 Å². The Morgan fingerprint density at radius 3 is 2.78 bits per heavy atom. The van der Waals surface area contributed by atoms with Gasteiger partial charge in [-0.2, -0.15) is 0 Å². The lowest BCUT2D eigenvalue weighted by Gasteiger charge is -2.38. The lowest BCUT2D eigenvalue weighted by molar-refractivity contribution is 0.116. The van der Waals surface area contributed by atoms with Crippen LogP contribution < -0.4 is 20.3 Å². The van der Waals surface area contributed by atoms with E-state index in [-0.39, 0.29) is 0 Å². The van der Waals surface area contributed by atoms with Crippen molar-refractivity contribution < 1.29 is 4.74 Å². The summed E-state index contributed by atoms with van der Waals surface area (Å²) in [5, 5.41) is 7.11. The number of methoxy groups -OCH3 is 1. The molecule has 7 nitrogen and oxygen atoms in total. The van der Waals surface area contributed by atoms with Crippen LogP contribution in [0.1, 0.15) is 6.42 Å². The van der Waals surface area contributed by atoms with Crippen molar-refractivity contribution in [3.8, 4) is 5.75 Å². The molecule has 2 saturated heterocycles. The van der Waals surface area contributed by atoms with E-state index < -0.39 is 0 Å². The Kier molecular flexibility index (Phi) is 6.79. The summed E-state index contributed by atoms with van der Waals surface area (Å²) in [6, 6.07) is 9.12. The Hall–Kier alpha value is -1.99. The number of hydrogen-bond acceptors (Lipinski definition) is 5. The van der Waals surface area contributed by atoms with E-state index in [1.807, 2.05) is 19.2 Å². The fourth-order valence-corrected chi connectivity index (χ4v) is 3.91. The molecule has 2 atom stereocenters. The number of hydrogen-bond donors (Lipinski definition) is 2. The summed E-state index contributed by atoms with van der Waals surface area (Å²) < 4.78 is 5.51. The van der Waals surface area contributed by atoms with Crippen molar-refractivity contribution in [2.24, 2.45) is 4.99 Å². The Balaban J connectivity index is 1.50. The third kappa shape index (κ3) is 5.05. The van der Waals surface area contributed by atoms with E-state index >= 15 is 0 Å². The Morgan fingerprint density at radius 2 is 2.00 bits per heavy atom. The quantitative estimate of drug-likeness (QED) is 0.584. The number of piperazine rings is 1. The van der Waals surface area contributed by atoms with Crippen molar-refractivity contribution in [3.63, 3.8) is 0 Å². The van der Waals surface area contributed by atoms with Crippen LogP contribution in [0.5, 0.6) is 5.75 Å². The first-order chi connectivity index (χ1) is 13.1. The van der Waals surface area contributed by atoms with Crippen molar-refractivity contribution in [3.05, 3.63) is 24.3 Å². The minimum absolute atomic E-state index is 0.382. The number of benzene rings is 1. The maximum atomic E-state index is 5.51. The molecule has 150 valence electrons. The number of anilines is 1. The van der Waals surface area contributed by atoms with Crippen molar-refractivity contribution >= 4 is 11.6 Å². The molecule has 0 radical (unpaired) electrons. The molecule has 0 spiro atoms. The number of likely N-dealkylation sites (N-methyl/N-ethyl adjacent to an activating group) is 2. The molecule has 0 aromatic heterocycles. The highest BCUT2D eigenvalue weighted by molar-refractivity contribution is 5.80. The maximum Gasteiger partial charge on any atom is 0.191 e. The van der Waals surface area contributed by atoms with Gasteiger partial charge in [0, 0.05) is 58.4 Å². The highest BCUT2D eigenvalue weighted by Crippen LogP contribution is 2.30. The fraction of sp³-hybridized carbons (Fsp3) is 0.650. The van der Waals surface area contributed by atoms with E-state index in [0.717, 1.165) is 57.4 Å². The van der Waals surface area contributed by atoms with Crippen LogP contribution in [0.25, 0.3) is 0 Å². The lowest BCUT2D eigenvalue weighted by Crippen LogP contribution is -2.56. The molecule has 2 aliphatic heterocycles. The normalized spacial score (nSPS) is 24.9. The monoisotopic (exact) mass is 374 g/mol. The maximum absolute atomic E-state index is 5.51. The second-order valence-electron chi connectivity index (χ2n) is 7.60. The van der Waals surface area contributed by atoms with Gasteiger partial charge in [-0.1, -0.05) is 12.1 Å². The molecule has 2 fully saturated rings. The number of nitrogens with one attached hydrogen (secondary N) is 2. The smallest absolute Gasteiger partial charge is 0.191 e. The first kappa shape index (κ1) is 19.8. The van der Waals surface area contributed by atoms with Gasteiger partial charge in [0.1, 0.15) is 5.75 Å². The topological polar surface area (TPSA) is 55.4 Å². The van der Waals surface area contributed by atoms with Gasteiger partial charge < -0.3 is 25.2 Å². The van der Waals surface area contributed by atoms with Crippen LogP contribution in [-0.2, 0) is 0 Å². The molecular formula is C20H34N6O. The second kappa shape index (κ2) is 9.28. The summed E-state index contributed by atoms with van der Waals surface area (Å²) in [6.07, 6.45) is 1.09. The zero-order valence-corrected chi connectivity index (χ0v) is 17.1. The molecule has 0 saturated carbocycles. The lowest BCUT2D eigenvalue weighted by atomic mass is 10.2. The number of aliphatic imine (C=N–C) groups is 1. The predicted molar refractivity (Wildman–Crippen MR) is 112 cm³/mol. The molecule has 2 unspecified atom stereocenters. The zero-order chi connectivity index (χ0) is 19.2. The van der Waals surface area contributed by atoms with E-state index in [1.54, 1.807) is 7.11 Å². The van der Waals surface area contributed by atoms with Gasteiger partial charge in [0.25, 0.3) is 0 Å². The number of nitrogens with zero attached hydrogens (tertiary/aromatic N) is 4. The molecule has 0 amide bonds. The number of rotatable bonds is 5. The summed E-state index contributed by atoms with van der Waals surface area (Å²) >= 11 is 0. The molecule has 2 aliphatic rings. The van der Waals surface area contributed by atoms with Gasteiger partial charge >= 0.3 is 0 Å². The first-order valence-electron chi connectivity index (χ1n) is 9.84. The molecule has 0 bridgehead atoms.